The number of nitrogens with zero attached hydrogens (tertiary/aromatic N) is 1. The van der Waals surface area contributed by atoms with Crippen molar-refractivity contribution in [2.24, 2.45) is 0 Å². The summed E-state index contributed by atoms with van der Waals surface area (Å²) >= 11 is 3.45. The molecule has 3 nitrogen and oxygen atoms in total. The van der Waals surface area contributed by atoms with Crippen LogP contribution in [0.25, 0.3) is 0 Å². The molecule has 1 aromatic rings. The molecule has 1 rings (SSSR count). The summed E-state index contributed by atoms with van der Waals surface area (Å²) in [5.74, 6) is 0. The topological polar surface area (TPSA) is 32.7 Å². The van der Waals surface area contributed by atoms with E-state index in [1.54, 1.807) is 0 Å². The highest BCUT2D eigenvalue weighted by Crippen LogP contribution is 2.12. The summed E-state index contributed by atoms with van der Waals surface area (Å²) in [5.41, 5.74) is 1.28. The Kier molecular flexibility index (Phi) is 6.64. The highest BCUT2D eigenvalue weighted by molar-refractivity contribution is 9.10. The van der Waals surface area contributed by atoms with Crippen molar-refractivity contribution in [2.75, 3.05) is 33.4 Å². The van der Waals surface area contributed by atoms with Gasteiger partial charge in [-0.15, -0.1) is 0 Å². The van der Waals surface area contributed by atoms with E-state index in [1.165, 1.54) is 5.56 Å². The summed E-state index contributed by atoms with van der Waals surface area (Å²) in [6, 6.07) is 8.28. The number of hydrogen-bond acceptors (Lipinski definition) is 3. The van der Waals surface area contributed by atoms with Crippen LogP contribution in [-0.4, -0.2) is 43.4 Å². The quantitative estimate of drug-likeness (QED) is 0.778. The minimum absolute atomic E-state index is 0.0926. The Morgan fingerprint density at radius 2 is 2.19 bits per heavy atom. The number of aliphatic hydroxyl groups is 1. The molecule has 0 aliphatic rings. The molecule has 0 unspecified atom stereocenters. The van der Waals surface area contributed by atoms with Crippen molar-refractivity contribution in [1.29, 1.82) is 0 Å². The van der Waals surface area contributed by atoms with E-state index in [4.69, 9.17) is 9.84 Å². The highest BCUT2D eigenvalue weighted by Gasteiger charge is 2.00. The van der Waals surface area contributed by atoms with E-state index in [0.717, 1.165) is 17.6 Å². The van der Waals surface area contributed by atoms with Crippen molar-refractivity contribution in [1.82, 2.24) is 4.90 Å². The van der Waals surface area contributed by atoms with Gasteiger partial charge in [-0.1, -0.05) is 28.1 Å². The number of aliphatic hydroxyl groups excluding tert-OH is 1. The minimum Gasteiger partial charge on any atom is -0.394 e. The van der Waals surface area contributed by atoms with Gasteiger partial charge in [0.25, 0.3) is 0 Å². The third-order valence-corrected chi connectivity index (χ3v) is 2.69. The fraction of sp³-hybridized carbons (Fsp3) is 0.500. The zero-order valence-corrected chi connectivity index (χ0v) is 11.1. The average Bonchev–Trinajstić information content (AvgIpc) is 2.24. The van der Waals surface area contributed by atoms with Crippen LogP contribution >= 0.6 is 15.9 Å². The van der Waals surface area contributed by atoms with E-state index < -0.39 is 0 Å². The fourth-order valence-electron chi connectivity index (χ4n) is 1.41. The summed E-state index contributed by atoms with van der Waals surface area (Å²) in [4.78, 5) is 2.19. The molecule has 1 N–H and O–H groups in total. The molecule has 16 heavy (non-hydrogen) atoms. The van der Waals surface area contributed by atoms with E-state index in [0.29, 0.717) is 13.2 Å². The normalized spacial score (nSPS) is 11.0. The van der Waals surface area contributed by atoms with Crippen molar-refractivity contribution in [2.45, 2.75) is 6.54 Å². The van der Waals surface area contributed by atoms with Crippen LogP contribution in [0.3, 0.4) is 0 Å². The van der Waals surface area contributed by atoms with E-state index in [9.17, 15) is 0 Å². The lowest BCUT2D eigenvalue weighted by molar-refractivity contribution is 0.0773. The number of ether oxygens (including phenoxy) is 1. The fourth-order valence-corrected chi connectivity index (χ4v) is 1.86. The molecule has 0 bridgehead atoms. The van der Waals surface area contributed by atoms with E-state index >= 15 is 0 Å². The van der Waals surface area contributed by atoms with Gasteiger partial charge in [0, 0.05) is 17.6 Å². The molecular formula is C12H18BrNO2. The molecule has 0 aliphatic heterocycles. The van der Waals surface area contributed by atoms with Crippen LogP contribution in [0.15, 0.2) is 28.7 Å². The molecular weight excluding hydrogens is 270 g/mol. The van der Waals surface area contributed by atoms with Gasteiger partial charge in [-0.25, -0.2) is 0 Å². The van der Waals surface area contributed by atoms with Crippen molar-refractivity contribution in [3.8, 4) is 0 Å². The van der Waals surface area contributed by atoms with Crippen LogP contribution in [0.5, 0.6) is 0 Å². The SMILES string of the molecule is CN(CCOCCO)Cc1cccc(Br)c1. The lowest BCUT2D eigenvalue weighted by Gasteiger charge is -2.16. The predicted octanol–water partition coefficient (Wildman–Crippen LogP) is 1.89. The predicted molar refractivity (Wildman–Crippen MR) is 68.4 cm³/mol. The molecule has 0 spiro atoms. The monoisotopic (exact) mass is 287 g/mol. The highest BCUT2D eigenvalue weighted by atomic mass is 79.9. The zero-order chi connectivity index (χ0) is 11.8. The Morgan fingerprint density at radius 1 is 1.38 bits per heavy atom. The van der Waals surface area contributed by atoms with Crippen LogP contribution in [0.2, 0.25) is 0 Å². The Bertz CT molecular complexity index is 307. The summed E-state index contributed by atoms with van der Waals surface area (Å²) < 4.78 is 6.32. The molecule has 0 saturated carbocycles. The Balaban J connectivity index is 2.25. The van der Waals surface area contributed by atoms with E-state index in [1.807, 2.05) is 12.1 Å². The molecule has 0 heterocycles. The van der Waals surface area contributed by atoms with Crippen LogP contribution in [0.4, 0.5) is 0 Å². The van der Waals surface area contributed by atoms with Crippen molar-refractivity contribution < 1.29 is 9.84 Å². The van der Waals surface area contributed by atoms with Crippen LogP contribution in [0.1, 0.15) is 5.56 Å². The first-order valence-corrected chi connectivity index (χ1v) is 6.13. The molecule has 1 aromatic carbocycles. The first-order chi connectivity index (χ1) is 7.72. The molecule has 0 fully saturated rings. The molecule has 0 aromatic heterocycles. The Labute approximate surface area is 105 Å². The number of rotatable bonds is 7. The standard InChI is InChI=1S/C12H18BrNO2/c1-14(5-7-16-8-6-15)10-11-3-2-4-12(13)9-11/h2-4,9,15H,5-8,10H2,1H3. The van der Waals surface area contributed by atoms with Crippen LogP contribution < -0.4 is 0 Å². The van der Waals surface area contributed by atoms with Gasteiger partial charge in [-0.05, 0) is 24.7 Å². The van der Waals surface area contributed by atoms with Gasteiger partial charge in [0.2, 0.25) is 0 Å². The summed E-state index contributed by atoms with van der Waals surface area (Å²) in [6.45, 7) is 2.94. The maximum absolute atomic E-state index is 8.55. The number of likely N-dealkylation sites (N-methyl/N-ethyl adjacent to an activating group) is 1. The van der Waals surface area contributed by atoms with E-state index in [-0.39, 0.29) is 6.61 Å². The Morgan fingerprint density at radius 3 is 2.88 bits per heavy atom. The van der Waals surface area contributed by atoms with Gasteiger partial charge in [0.05, 0.1) is 19.8 Å². The Hall–Kier alpha value is -0.420. The third kappa shape index (κ3) is 5.61. The van der Waals surface area contributed by atoms with Crippen molar-refractivity contribution >= 4 is 15.9 Å². The molecule has 90 valence electrons. The van der Waals surface area contributed by atoms with Gasteiger partial charge in [0.1, 0.15) is 0 Å². The molecule has 0 aliphatic carbocycles. The average molecular weight is 288 g/mol. The van der Waals surface area contributed by atoms with Crippen LogP contribution in [-0.2, 0) is 11.3 Å². The molecule has 4 heteroatoms. The van der Waals surface area contributed by atoms with Gasteiger partial charge in [-0.3, -0.25) is 4.90 Å². The first-order valence-electron chi connectivity index (χ1n) is 5.34. The zero-order valence-electron chi connectivity index (χ0n) is 9.53. The lowest BCUT2D eigenvalue weighted by atomic mass is 10.2. The summed E-state index contributed by atoms with van der Waals surface area (Å²) in [5, 5.41) is 8.55. The third-order valence-electron chi connectivity index (χ3n) is 2.19. The van der Waals surface area contributed by atoms with Gasteiger partial charge in [-0.2, -0.15) is 0 Å². The largest absolute Gasteiger partial charge is 0.394 e. The van der Waals surface area contributed by atoms with Crippen molar-refractivity contribution in [3.05, 3.63) is 34.3 Å². The summed E-state index contributed by atoms with van der Waals surface area (Å²) in [6.07, 6.45) is 0. The maximum Gasteiger partial charge on any atom is 0.0698 e. The summed E-state index contributed by atoms with van der Waals surface area (Å²) in [7, 11) is 2.06. The second-order valence-corrected chi connectivity index (χ2v) is 4.62. The molecule has 0 radical (unpaired) electrons. The number of hydrogen-bond donors (Lipinski definition) is 1. The lowest BCUT2D eigenvalue weighted by Crippen LogP contribution is -2.23. The number of benzene rings is 1. The van der Waals surface area contributed by atoms with Gasteiger partial charge in [0.15, 0.2) is 0 Å². The second kappa shape index (κ2) is 7.79. The number of halogens is 1. The van der Waals surface area contributed by atoms with Crippen LogP contribution in [0, 0.1) is 0 Å². The molecule has 0 saturated heterocycles. The maximum atomic E-state index is 8.55. The van der Waals surface area contributed by atoms with Gasteiger partial charge >= 0.3 is 0 Å². The first kappa shape index (κ1) is 13.6. The van der Waals surface area contributed by atoms with Gasteiger partial charge < -0.3 is 9.84 Å². The van der Waals surface area contributed by atoms with Crippen molar-refractivity contribution in [3.63, 3.8) is 0 Å². The molecule has 0 amide bonds. The second-order valence-electron chi connectivity index (χ2n) is 3.70. The molecule has 0 atom stereocenters. The smallest absolute Gasteiger partial charge is 0.0698 e. The minimum atomic E-state index is 0.0926. The van der Waals surface area contributed by atoms with E-state index in [2.05, 4.69) is 40.0 Å².